The lowest BCUT2D eigenvalue weighted by molar-refractivity contribution is 0.0457. The standard InChI is InChI=1S/C13H19NO2/c1-15-7-4-8-16-12-9-11-5-2-3-6-13(11)14-10-12/h2-3,5-6,12,14H,4,7-10H2,1H3. The fourth-order valence-electron chi connectivity index (χ4n) is 1.98. The molecule has 0 saturated carbocycles. The number of para-hydroxylation sites is 1. The fraction of sp³-hybridized carbons (Fsp3) is 0.538. The van der Waals surface area contributed by atoms with Crippen LogP contribution in [0.5, 0.6) is 0 Å². The second kappa shape index (κ2) is 5.87. The van der Waals surface area contributed by atoms with Crippen molar-refractivity contribution in [3.05, 3.63) is 29.8 Å². The van der Waals surface area contributed by atoms with Crippen molar-refractivity contribution in [2.45, 2.75) is 18.9 Å². The van der Waals surface area contributed by atoms with Crippen molar-refractivity contribution in [3.8, 4) is 0 Å². The molecular weight excluding hydrogens is 202 g/mol. The van der Waals surface area contributed by atoms with Gasteiger partial charge in [0.15, 0.2) is 0 Å². The minimum absolute atomic E-state index is 0.298. The molecule has 16 heavy (non-hydrogen) atoms. The van der Waals surface area contributed by atoms with Crippen molar-refractivity contribution in [1.82, 2.24) is 0 Å². The predicted octanol–water partition coefficient (Wildman–Crippen LogP) is 2.08. The van der Waals surface area contributed by atoms with Gasteiger partial charge in [-0.25, -0.2) is 0 Å². The van der Waals surface area contributed by atoms with Crippen molar-refractivity contribution in [2.75, 3.05) is 32.2 Å². The summed E-state index contributed by atoms with van der Waals surface area (Å²) in [5, 5.41) is 3.40. The molecule has 1 heterocycles. The van der Waals surface area contributed by atoms with E-state index in [1.54, 1.807) is 7.11 Å². The van der Waals surface area contributed by atoms with Crippen LogP contribution in [0.3, 0.4) is 0 Å². The highest BCUT2D eigenvalue weighted by atomic mass is 16.5. The lowest BCUT2D eigenvalue weighted by Gasteiger charge is -2.26. The molecule has 3 heteroatoms. The smallest absolute Gasteiger partial charge is 0.0788 e. The first-order chi connectivity index (χ1) is 7.90. The van der Waals surface area contributed by atoms with E-state index in [1.807, 2.05) is 0 Å². The highest BCUT2D eigenvalue weighted by molar-refractivity contribution is 5.53. The number of fused-ring (bicyclic) bond motifs is 1. The minimum Gasteiger partial charge on any atom is -0.385 e. The maximum absolute atomic E-state index is 5.80. The zero-order valence-electron chi connectivity index (χ0n) is 9.74. The van der Waals surface area contributed by atoms with E-state index in [0.717, 1.165) is 32.6 Å². The molecule has 1 N–H and O–H groups in total. The molecule has 3 nitrogen and oxygen atoms in total. The van der Waals surface area contributed by atoms with Crippen molar-refractivity contribution < 1.29 is 9.47 Å². The van der Waals surface area contributed by atoms with Gasteiger partial charge < -0.3 is 14.8 Å². The van der Waals surface area contributed by atoms with Crippen LogP contribution in [0.15, 0.2) is 24.3 Å². The van der Waals surface area contributed by atoms with Crippen LogP contribution in [-0.2, 0) is 15.9 Å². The van der Waals surface area contributed by atoms with Gasteiger partial charge in [-0.05, 0) is 18.1 Å². The Hall–Kier alpha value is -1.06. The lowest BCUT2D eigenvalue weighted by atomic mass is 10.0. The van der Waals surface area contributed by atoms with Crippen LogP contribution in [0.25, 0.3) is 0 Å². The summed E-state index contributed by atoms with van der Waals surface area (Å²) in [6.45, 7) is 2.46. The number of anilines is 1. The summed E-state index contributed by atoms with van der Waals surface area (Å²) >= 11 is 0. The van der Waals surface area contributed by atoms with Gasteiger partial charge in [0.05, 0.1) is 6.10 Å². The number of nitrogens with one attached hydrogen (secondary N) is 1. The summed E-state index contributed by atoms with van der Waals surface area (Å²) in [5.74, 6) is 0. The summed E-state index contributed by atoms with van der Waals surface area (Å²) in [7, 11) is 1.72. The van der Waals surface area contributed by atoms with Crippen LogP contribution in [0.1, 0.15) is 12.0 Å². The lowest BCUT2D eigenvalue weighted by Crippen LogP contribution is -2.30. The van der Waals surface area contributed by atoms with Gasteiger partial charge in [-0.1, -0.05) is 18.2 Å². The molecule has 88 valence electrons. The molecule has 0 aliphatic carbocycles. The van der Waals surface area contributed by atoms with Crippen molar-refractivity contribution in [1.29, 1.82) is 0 Å². The topological polar surface area (TPSA) is 30.5 Å². The van der Waals surface area contributed by atoms with Crippen molar-refractivity contribution in [2.24, 2.45) is 0 Å². The Morgan fingerprint density at radius 3 is 3.06 bits per heavy atom. The summed E-state index contributed by atoms with van der Waals surface area (Å²) in [5.41, 5.74) is 2.60. The van der Waals surface area contributed by atoms with Gasteiger partial charge in [-0.2, -0.15) is 0 Å². The highest BCUT2D eigenvalue weighted by Crippen LogP contribution is 2.22. The summed E-state index contributed by atoms with van der Waals surface area (Å²) < 4.78 is 10.8. The number of hydrogen-bond acceptors (Lipinski definition) is 3. The summed E-state index contributed by atoms with van der Waals surface area (Å²) in [6.07, 6.45) is 2.27. The van der Waals surface area contributed by atoms with Crippen LogP contribution >= 0.6 is 0 Å². The number of ether oxygens (including phenoxy) is 2. The summed E-state index contributed by atoms with van der Waals surface area (Å²) in [6, 6.07) is 8.42. The van der Waals surface area contributed by atoms with E-state index in [0.29, 0.717) is 6.10 Å². The molecule has 0 bridgehead atoms. The largest absolute Gasteiger partial charge is 0.385 e. The van der Waals surface area contributed by atoms with E-state index >= 15 is 0 Å². The third kappa shape index (κ3) is 2.97. The van der Waals surface area contributed by atoms with E-state index in [9.17, 15) is 0 Å². The summed E-state index contributed by atoms with van der Waals surface area (Å²) in [4.78, 5) is 0. The van der Waals surface area contributed by atoms with Gasteiger partial charge in [0.25, 0.3) is 0 Å². The van der Waals surface area contributed by atoms with Gasteiger partial charge >= 0.3 is 0 Å². The molecule has 0 aromatic heterocycles. The van der Waals surface area contributed by atoms with E-state index in [1.165, 1.54) is 11.3 Å². The van der Waals surface area contributed by atoms with Gasteiger partial charge in [0.1, 0.15) is 0 Å². The molecule has 0 spiro atoms. The Morgan fingerprint density at radius 1 is 1.31 bits per heavy atom. The zero-order valence-corrected chi connectivity index (χ0v) is 9.74. The van der Waals surface area contributed by atoms with E-state index < -0.39 is 0 Å². The van der Waals surface area contributed by atoms with Gasteiger partial charge in [-0.3, -0.25) is 0 Å². The van der Waals surface area contributed by atoms with Crippen LogP contribution < -0.4 is 5.32 Å². The van der Waals surface area contributed by atoms with Crippen LogP contribution in [0, 0.1) is 0 Å². The molecular formula is C13H19NO2. The molecule has 1 aliphatic heterocycles. The minimum atomic E-state index is 0.298. The van der Waals surface area contributed by atoms with E-state index in [-0.39, 0.29) is 0 Å². The van der Waals surface area contributed by atoms with Gasteiger partial charge in [0.2, 0.25) is 0 Å². The van der Waals surface area contributed by atoms with Crippen molar-refractivity contribution >= 4 is 5.69 Å². The molecule has 1 unspecified atom stereocenters. The Kier molecular flexibility index (Phi) is 4.19. The molecule has 0 saturated heterocycles. The molecule has 1 aromatic rings. The second-order valence-electron chi connectivity index (χ2n) is 4.08. The van der Waals surface area contributed by atoms with Crippen LogP contribution in [0.4, 0.5) is 5.69 Å². The van der Waals surface area contributed by atoms with Crippen LogP contribution in [0.2, 0.25) is 0 Å². The quantitative estimate of drug-likeness (QED) is 0.772. The molecule has 0 radical (unpaired) electrons. The monoisotopic (exact) mass is 221 g/mol. The van der Waals surface area contributed by atoms with Crippen LogP contribution in [-0.4, -0.2) is 33.0 Å². The van der Waals surface area contributed by atoms with Crippen molar-refractivity contribution in [3.63, 3.8) is 0 Å². The second-order valence-corrected chi connectivity index (χ2v) is 4.08. The number of methoxy groups -OCH3 is 1. The SMILES string of the molecule is COCCCOC1CNc2ccccc2C1. The fourth-order valence-corrected chi connectivity index (χ4v) is 1.98. The Labute approximate surface area is 96.8 Å². The average molecular weight is 221 g/mol. The average Bonchev–Trinajstić information content (AvgIpc) is 2.34. The molecule has 1 atom stereocenters. The normalized spacial score (nSPS) is 18.9. The molecule has 1 aromatic carbocycles. The first kappa shape index (κ1) is 11.4. The Morgan fingerprint density at radius 2 is 2.19 bits per heavy atom. The molecule has 1 aliphatic rings. The maximum Gasteiger partial charge on any atom is 0.0788 e. The number of rotatable bonds is 5. The molecule has 0 amide bonds. The third-order valence-corrected chi connectivity index (χ3v) is 2.83. The third-order valence-electron chi connectivity index (χ3n) is 2.83. The number of hydrogen-bond donors (Lipinski definition) is 1. The number of benzene rings is 1. The first-order valence-corrected chi connectivity index (χ1v) is 5.82. The van der Waals surface area contributed by atoms with E-state index in [2.05, 4.69) is 29.6 Å². The Balaban J connectivity index is 1.79. The van der Waals surface area contributed by atoms with Gasteiger partial charge in [0, 0.05) is 39.0 Å². The van der Waals surface area contributed by atoms with Gasteiger partial charge in [-0.15, -0.1) is 0 Å². The first-order valence-electron chi connectivity index (χ1n) is 5.82. The Bertz CT molecular complexity index is 327. The molecule has 2 rings (SSSR count). The zero-order chi connectivity index (χ0) is 11.2. The predicted molar refractivity (Wildman–Crippen MR) is 64.9 cm³/mol. The van der Waals surface area contributed by atoms with E-state index in [4.69, 9.17) is 9.47 Å². The highest BCUT2D eigenvalue weighted by Gasteiger charge is 2.17. The maximum atomic E-state index is 5.80. The molecule has 0 fully saturated rings.